The van der Waals surface area contributed by atoms with Crippen LogP contribution in [0.25, 0.3) is 0 Å². The highest BCUT2D eigenvalue weighted by Gasteiger charge is 2.31. The maximum atomic E-state index is 11.2. The Hall–Kier alpha value is -1.92. The van der Waals surface area contributed by atoms with E-state index >= 15 is 0 Å². The molecular weight excluding hydrogens is 228 g/mol. The molecule has 92 valence electrons. The van der Waals surface area contributed by atoms with Gasteiger partial charge in [-0.05, 0) is 19.1 Å². The summed E-state index contributed by atoms with van der Waals surface area (Å²) in [5.41, 5.74) is 0.955. The van der Waals surface area contributed by atoms with Gasteiger partial charge >= 0.3 is 11.9 Å². The molecule has 6 nitrogen and oxygen atoms in total. The fourth-order valence-corrected chi connectivity index (χ4v) is 1.05. The number of aliphatic hydroxyl groups excluding tert-OH is 2. The summed E-state index contributed by atoms with van der Waals surface area (Å²) in [4.78, 5) is 21.6. The quantitative estimate of drug-likeness (QED) is 0.493. The third-order valence-electron chi connectivity index (χ3n) is 2.03. The molecular formula is C11H12O6. The van der Waals surface area contributed by atoms with Gasteiger partial charge in [-0.2, -0.15) is 0 Å². The summed E-state index contributed by atoms with van der Waals surface area (Å²) in [7, 11) is 0. The normalized spacial score (nSPS) is 13.8. The molecule has 0 fully saturated rings. The summed E-state index contributed by atoms with van der Waals surface area (Å²) in [5, 5.41) is 26.5. The van der Waals surface area contributed by atoms with Crippen LogP contribution in [0.1, 0.15) is 5.56 Å². The van der Waals surface area contributed by atoms with Crippen molar-refractivity contribution < 1.29 is 29.6 Å². The Bertz CT molecular complexity index is 410. The van der Waals surface area contributed by atoms with Gasteiger partial charge in [-0.1, -0.05) is 17.7 Å². The molecule has 6 heteroatoms. The van der Waals surface area contributed by atoms with Crippen LogP contribution in [0.3, 0.4) is 0 Å². The number of carboxylic acid groups (broad SMARTS) is 1. The van der Waals surface area contributed by atoms with Crippen LogP contribution in [0.15, 0.2) is 24.3 Å². The van der Waals surface area contributed by atoms with Gasteiger partial charge in [0, 0.05) is 0 Å². The number of hydrogen-bond acceptors (Lipinski definition) is 5. The molecule has 0 bridgehead atoms. The van der Waals surface area contributed by atoms with Crippen molar-refractivity contribution >= 4 is 11.9 Å². The average molecular weight is 240 g/mol. The molecule has 0 spiro atoms. The molecule has 0 saturated carbocycles. The molecule has 0 heterocycles. The molecule has 1 aromatic carbocycles. The van der Waals surface area contributed by atoms with E-state index in [0.717, 1.165) is 5.56 Å². The molecule has 0 aliphatic carbocycles. The molecule has 0 aliphatic rings. The number of carboxylic acids is 1. The molecule has 1 rings (SSSR count). The van der Waals surface area contributed by atoms with E-state index in [1.54, 1.807) is 12.1 Å². The Morgan fingerprint density at radius 1 is 1.12 bits per heavy atom. The summed E-state index contributed by atoms with van der Waals surface area (Å²) in [6, 6.07) is 6.35. The lowest BCUT2D eigenvalue weighted by Gasteiger charge is -2.12. The summed E-state index contributed by atoms with van der Waals surface area (Å²) >= 11 is 0. The van der Waals surface area contributed by atoms with E-state index in [4.69, 9.17) is 20.1 Å². The first kappa shape index (κ1) is 13.1. The molecule has 1 aromatic rings. The first-order valence-corrected chi connectivity index (χ1v) is 4.79. The zero-order valence-electron chi connectivity index (χ0n) is 9.03. The molecule has 0 unspecified atom stereocenters. The zero-order chi connectivity index (χ0) is 13.0. The van der Waals surface area contributed by atoms with Gasteiger partial charge < -0.3 is 20.1 Å². The molecule has 0 amide bonds. The average Bonchev–Trinajstić information content (AvgIpc) is 2.30. The van der Waals surface area contributed by atoms with Crippen LogP contribution in [-0.2, 0) is 9.59 Å². The van der Waals surface area contributed by atoms with E-state index in [1.807, 2.05) is 6.92 Å². The summed E-state index contributed by atoms with van der Waals surface area (Å²) in [5.74, 6) is -2.75. The molecule has 2 atom stereocenters. The van der Waals surface area contributed by atoms with E-state index in [2.05, 4.69) is 0 Å². The van der Waals surface area contributed by atoms with Gasteiger partial charge in [0.05, 0.1) is 0 Å². The minimum Gasteiger partial charge on any atom is -0.479 e. The Balaban J connectivity index is 2.66. The molecule has 0 saturated heterocycles. The molecule has 0 aromatic heterocycles. The minimum atomic E-state index is -2.20. The van der Waals surface area contributed by atoms with E-state index in [0.29, 0.717) is 0 Å². The van der Waals surface area contributed by atoms with E-state index in [-0.39, 0.29) is 5.75 Å². The topological polar surface area (TPSA) is 104 Å². The fraction of sp³-hybridized carbons (Fsp3) is 0.273. The van der Waals surface area contributed by atoms with Crippen LogP contribution in [-0.4, -0.2) is 39.5 Å². The van der Waals surface area contributed by atoms with E-state index in [1.165, 1.54) is 12.1 Å². The second-order valence-corrected chi connectivity index (χ2v) is 3.46. The fourth-order valence-electron chi connectivity index (χ4n) is 1.05. The lowest BCUT2D eigenvalue weighted by atomic mass is 10.2. The van der Waals surface area contributed by atoms with Gasteiger partial charge in [-0.25, -0.2) is 9.59 Å². The van der Waals surface area contributed by atoms with Crippen LogP contribution in [0, 0.1) is 6.92 Å². The number of carbonyl (C=O) groups is 2. The Kier molecular flexibility index (Phi) is 4.19. The lowest BCUT2D eigenvalue weighted by Crippen LogP contribution is -2.41. The van der Waals surface area contributed by atoms with Crippen molar-refractivity contribution in [2.45, 2.75) is 19.1 Å². The lowest BCUT2D eigenvalue weighted by molar-refractivity contribution is -0.164. The molecule has 3 N–H and O–H groups in total. The second kappa shape index (κ2) is 5.42. The van der Waals surface area contributed by atoms with Crippen molar-refractivity contribution in [2.75, 3.05) is 0 Å². The molecule has 17 heavy (non-hydrogen) atoms. The largest absolute Gasteiger partial charge is 0.479 e. The van der Waals surface area contributed by atoms with Gasteiger partial charge in [0.2, 0.25) is 0 Å². The standard InChI is InChI=1S/C11H12O6/c1-6-2-4-7(5-3-6)17-11(16)9(13)8(12)10(14)15/h2-5,8-9,12-13H,1H3,(H,14,15)/t8-,9-/m0/s1. The SMILES string of the molecule is Cc1ccc(OC(=O)[C@@H](O)[C@H](O)C(=O)O)cc1. The van der Waals surface area contributed by atoms with E-state index in [9.17, 15) is 9.59 Å². The number of rotatable bonds is 4. The Morgan fingerprint density at radius 2 is 1.65 bits per heavy atom. The third kappa shape index (κ3) is 3.54. The summed E-state index contributed by atoms with van der Waals surface area (Å²) in [6.45, 7) is 1.84. The van der Waals surface area contributed by atoms with Crippen molar-refractivity contribution in [3.05, 3.63) is 29.8 Å². The number of hydrogen-bond donors (Lipinski definition) is 3. The van der Waals surface area contributed by atoms with Gasteiger partial charge in [0.25, 0.3) is 0 Å². The van der Waals surface area contributed by atoms with Crippen molar-refractivity contribution in [2.24, 2.45) is 0 Å². The monoisotopic (exact) mass is 240 g/mol. The number of ether oxygens (including phenoxy) is 1. The van der Waals surface area contributed by atoms with Crippen molar-refractivity contribution in [1.29, 1.82) is 0 Å². The number of aliphatic hydroxyl groups is 2. The third-order valence-corrected chi connectivity index (χ3v) is 2.03. The first-order valence-electron chi connectivity index (χ1n) is 4.79. The second-order valence-electron chi connectivity index (χ2n) is 3.46. The van der Waals surface area contributed by atoms with Crippen molar-refractivity contribution in [3.8, 4) is 5.75 Å². The molecule has 0 aliphatic heterocycles. The smallest absolute Gasteiger partial charge is 0.343 e. The highest BCUT2D eigenvalue weighted by atomic mass is 16.6. The summed E-state index contributed by atoms with van der Waals surface area (Å²) < 4.78 is 4.69. The molecule has 0 radical (unpaired) electrons. The van der Waals surface area contributed by atoms with Gasteiger partial charge in [-0.15, -0.1) is 0 Å². The predicted octanol–water partition coefficient (Wildman–Crippen LogP) is -0.293. The maximum Gasteiger partial charge on any atom is 0.343 e. The predicted molar refractivity (Wildman–Crippen MR) is 56.5 cm³/mol. The van der Waals surface area contributed by atoms with Gasteiger partial charge in [0.1, 0.15) is 5.75 Å². The zero-order valence-corrected chi connectivity index (χ0v) is 9.03. The minimum absolute atomic E-state index is 0.164. The van der Waals surface area contributed by atoms with Crippen LogP contribution >= 0.6 is 0 Å². The van der Waals surface area contributed by atoms with Crippen LogP contribution in [0.2, 0.25) is 0 Å². The number of esters is 1. The first-order chi connectivity index (χ1) is 7.91. The number of benzene rings is 1. The van der Waals surface area contributed by atoms with Crippen molar-refractivity contribution in [3.63, 3.8) is 0 Å². The highest BCUT2D eigenvalue weighted by molar-refractivity contribution is 5.85. The number of aryl methyl sites for hydroxylation is 1. The number of aliphatic carboxylic acids is 1. The van der Waals surface area contributed by atoms with E-state index < -0.39 is 24.1 Å². The Morgan fingerprint density at radius 3 is 2.12 bits per heavy atom. The van der Waals surface area contributed by atoms with Crippen molar-refractivity contribution in [1.82, 2.24) is 0 Å². The van der Waals surface area contributed by atoms with Crippen LogP contribution in [0.5, 0.6) is 5.75 Å². The highest BCUT2D eigenvalue weighted by Crippen LogP contribution is 2.12. The Labute approximate surface area is 97.1 Å². The van der Waals surface area contributed by atoms with Gasteiger partial charge in [-0.3, -0.25) is 0 Å². The van der Waals surface area contributed by atoms with Crippen LogP contribution in [0.4, 0.5) is 0 Å². The van der Waals surface area contributed by atoms with Gasteiger partial charge in [0.15, 0.2) is 12.2 Å². The maximum absolute atomic E-state index is 11.2. The number of carbonyl (C=O) groups excluding carboxylic acids is 1. The summed E-state index contributed by atoms with van der Waals surface area (Å²) in [6.07, 6.45) is -4.32. The van der Waals surface area contributed by atoms with Crippen LogP contribution < -0.4 is 4.74 Å².